The number of amides is 1. The standard InChI is InChI=1S/C10H16N2O3/c1-2-3-6-9(13)12-8(10(14)15)5-4-7-11/h1,8H,3-7,11H2,(H,12,13)(H,14,15)/t8-/m0/s1. The lowest BCUT2D eigenvalue weighted by Gasteiger charge is -2.13. The van der Waals surface area contributed by atoms with E-state index in [4.69, 9.17) is 17.3 Å². The largest absolute Gasteiger partial charge is 0.480 e. The van der Waals surface area contributed by atoms with Gasteiger partial charge < -0.3 is 16.2 Å². The third-order valence-electron chi connectivity index (χ3n) is 1.83. The van der Waals surface area contributed by atoms with E-state index in [9.17, 15) is 9.59 Å². The fraction of sp³-hybridized carbons (Fsp3) is 0.600. The number of terminal acetylenes is 1. The molecule has 0 fully saturated rings. The van der Waals surface area contributed by atoms with Crippen LogP contribution in [0.25, 0.3) is 0 Å². The van der Waals surface area contributed by atoms with Gasteiger partial charge in [0.2, 0.25) is 5.91 Å². The van der Waals surface area contributed by atoms with Gasteiger partial charge in [0.15, 0.2) is 0 Å². The second-order valence-corrected chi connectivity index (χ2v) is 3.09. The molecule has 5 nitrogen and oxygen atoms in total. The summed E-state index contributed by atoms with van der Waals surface area (Å²) in [6, 6.07) is -0.862. The average molecular weight is 212 g/mol. The summed E-state index contributed by atoms with van der Waals surface area (Å²) in [6.07, 6.45) is 6.36. The number of carboxylic acid groups (broad SMARTS) is 1. The van der Waals surface area contributed by atoms with E-state index >= 15 is 0 Å². The van der Waals surface area contributed by atoms with Gasteiger partial charge in [-0.15, -0.1) is 12.3 Å². The molecule has 0 aromatic carbocycles. The Bertz CT molecular complexity index is 258. The molecule has 0 unspecified atom stereocenters. The van der Waals surface area contributed by atoms with E-state index in [-0.39, 0.29) is 12.3 Å². The Labute approximate surface area is 89.0 Å². The average Bonchev–Trinajstić information content (AvgIpc) is 2.20. The lowest BCUT2D eigenvalue weighted by Crippen LogP contribution is -2.40. The summed E-state index contributed by atoms with van der Waals surface area (Å²) >= 11 is 0. The monoisotopic (exact) mass is 212 g/mol. The van der Waals surface area contributed by atoms with Crippen molar-refractivity contribution in [3.63, 3.8) is 0 Å². The van der Waals surface area contributed by atoms with Gasteiger partial charge in [0.1, 0.15) is 6.04 Å². The van der Waals surface area contributed by atoms with Crippen molar-refractivity contribution in [2.45, 2.75) is 31.7 Å². The molecule has 0 saturated carbocycles. The Kier molecular flexibility index (Phi) is 7.02. The molecule has 84 valence electrons. The Morgan fingerprint density at radius 3 is 2.67 bits per heavy atom. The molecule has 0 heterocycles. The summed E-state index contributed by atoms with van der Waals surface area (Å²) < 4.78 is 0. The van der Waals surface area contributed by atoms with E-state index in [2.05, 4.69) is 11.2 Å². The highest BCUT2D eigenvalue weighted by atomic mass is 16.4. The minimum Gasteiger partial charge on any atom is -0.480 e. The van der Waals surface area contributed by atoms with Crippen LogP contribution in [0.4, 0.5) is 0 Å². The van der Waals surface area contributed by atoms with Crippen molar-refractivity contribution in [3.05, 3.63) is 0 Å². The van der Waals surface area contributed by atoms with Gasteiger partial charge in [-0.25, -0.2) is 4.79 Å². The van der Waals surface area contributed by atoms with Gasteiger partial charge >= 0.3 is 5.97 Å². The molecule has 15 heavy (non-hydrogen) atoms. The molecule has 5 heteroatoms. The van der Waals surface area contributed by atoms with E-state index < -0.39 is 12.0 Å². The smallest absolute Gasteiger partial charge is 0.326 e. The lowest BCUT2D eigenvalue weighted by atomic mass is 10.1. The molecule has 0 saturated heterocycles. The summed E-state index contributed by atoms with van der Waals surface area (Å²) in [5.41, 5.74) is 5.26. The summed E-state index contributed by atoms with van der Waals surface area (Å²) in [5.74, 6) is 0.936. The van der Waals surface area contributed by atoms with E-state index in [0.717, 1.165) is 0 Å². The first-order valence-electron chi connectivity index (χ1n) is 4.77. The highest BCUT2D eigenvalue weighted by molar-refractivity contribution is 5.83. The van der Waals surface area contributed by atoms with Gasteiger partial charge in [-0.2, -0.15) is 0 Å². The van der Waals surface area contributed by atoms with E-state index in [0.29, 0.717) is 25.8 Å². The van der Waals surface area contributed by atoms with Crippen molar-refractivity contribution in [1.29, 1.82) is 0 Å². The zero-order valence-corrected chi connectivity index (χ0v) is 8.53. The summed E-state index contributed by atoms with van der Waals surface area (Å²) in [6.45, 7) is 0.407. The minimum atomic E-state index is -1.04. The number of hydrogen-bond acceptors (Lipinski definition) is 3. The number of rotatable bonds is 7. The van der Waals surface area contributed by atoms with Gasteiger partial charge in [-0.3, -0.25) is 4.79 Å². The van der Waals surface area contributed by atoms with Gasteiger partial charge in [-0.1, -0.05) is 0 Å². The second-order valence-electron chi connectivity index (χ2n) is 3.09. The number of nitrogens with two attached hydrogens (primary N) is 1. The van der Waals surface area contributed by atoms with Crippen molar-refractivity contribution in [2.24, 2.45) is 5.73 Å². The molecular weight excluding hydrogens is 196 g/mol. The normalized spacial score (nSPS) is 11.5. The van der Waals surface area contributed by atoms with Crippen LogP contribution in [0.3, 0.4) is 0 Å². The molecule has 0 aliphatic carbocycles. The van der Waals surface area contributed by atoms with Crippen molar-refractivity contribution >= 4 is 11.9 Å². The van der Waals surface area contributed by atoms with Crippen LogP contribution in [0, 0.1) is 12.3 Å². The first-order valence-corrected chi connectivity index (χ1v) is 4.77. The number of carbonyl (C=O) groups excluding carboxylic acids is 1. The maximum atomic E-state index is 11.2. The fourth-order valence-electron chi connectivity index (χ4n) is 1.03. The Balaban J connectivity index is 3.99. The molecule has 1 atom stereocenters. The maximum Gasteiger partial charge on any atom is 0.326 e. The van der Waals surface area contributed by atoms with Crippen molar-refractivity contribution in [3.8, 4) is 12.3 Å². The van der Waals surface area contributed by atoms with Crippen LogP contribution in [-0.2, 0) is 9.59 Å². The Hall–Kier alpha value is -1.54. The highest BCUT2D eigenvalue weighted by Crippen LogP contribution is 1.98. The zero-order chi connectivity index (χ0) is 11.7. The Morgan fingerprint density at radius 1 is 1.53 bits per heavy atom. The molecule has 0 aromatic heterocycles. The van der Waals surface area contributed by atoms with Crippen molar-refractivity contribution in [1.82, 2.24) is 5.32 Å². The molecule has 1 amide bonds. The van der Waals surface area contributed by atoms with Crippen LogP contribution in [-0.4, -0.2) is 29.6 Å². The van der Waals surface area contributed by atoms with Crippen LogP contribution in [0.2, 0.25) is 0 Å². The third kappa shape index (κ3) is 6.52. The molecule has 0 aliphatic heterocycles. The fourth-order valence-corrected chi connectivity index (χ4v) is 1.03. The maximum absolute atomic E-state index is 11.2. The highest BCUT2D eigenvalue weighted by Gasteiger charge is 2.18. The van der Waals surface area contributed by atoms with Crippen LogP contribution in [0.15, 0.2) is 0 Å². The molecular formula is C10H16N2O3. The number of aliphatic carboxylic acids is 1. The summed E-state index contributed by atoms with van der Waals surface area (Å²) in [4.78, 5) is 21.9. The van der Waals surface area contributed by atoms with Crippen LogP contribution in [0.1, 0.15) is 25.7 Å². The molecule has 0 aliphatic rings. The molecule has 0 bridgehead atoms. The summed E-state index contributed by atoms with van der Waals surface area (Å²) in [7, 11) is 0. The van der Waals surface area contributed by atoms with Gasteiger partial charge in [0, 0.05) is 12.8 Å². The topological polar surface area (TPSA) is 92.4 Å². The predicted molar refractivity (Wildman–Crippen MR) is 55.9 cm³/mol. The number of carbonyl (C=O) groups is 2. The second kappa shape index (κ2) is 7.83. The third-order valence-corrected chi connectivity index (χ3v) is 1.83. The minimum absolute atomic E-state index is 0.156. The van der Waals surface area contributed by atoms with Crippen LogP contribution >= 0.6 is 0 Å². The first-order chi connectivity index (χ1) is 7.11. The molecule has 0 aromatic rings. The molecule has 4 N–H and O–H groups in total. The number of nitrogens with one attached hydrogen (secondary N) is 1. The lowest BCUT2D eigenvalue weighted by molar-refractivity contribution is -0.142. The van der Waals surface area contributed by atoms with Crippen LogP contribution < -0.4 is 11.1 Å². The van der Waals surface area contributed by atoms with Gasteiger partial charge in [0.05, 0.1) is 0 Å². The first kappa shape index (κ1) is 13.5. The predicted octanol–water partition coefficient (Wildman–Crippen LogP) is -0.292. The molecule has 0 radical (unpaired) electrons. The quantitative estimate of drug-likeness (QED) is 0.505. The molecule has 0 rings (SSSR count). The SMILES string of the molecule is C#CCCC(=O)N[C@@H](CCCN)C(=O)O. The zero-order valence-electron chi connectivity index (χ0n) is 8.53. The van der Waals surface area contributed by atoms with Crippen molar-refractivity contribution < 1.29 is 14.7 Å². The molecule has 0 spiro atoms. The van der Waals surface area contributed by atoms with E-state index in [1.54, 1.807) is 0 Å². The van der Waals surface area contributed by atoms with Crippen LogP contribution in [0.5, 0.6) is 0 Å². The van der Waals surface area contributed by atoms with Crippen molar-refractivity contribution in [2.75, 3.05) is 6.54 Å². The number of hydrogen-bond donors (Lipinski definition) is 3. The summed E-state index contributed by atoms with van der Waals surface area (Å²) in [5, 5.41) is 11.2. The van der Waals surface area contributed by atoms with E-state index in [1.165, 1.54) is 0 Å². The van der Waals surface area contributed by atoms with Gasteiger partial charge in [-0.05, 0) is 19.4 Å². The van der Waals surface area contributed by atoms with E-state index in [1.807, 2.05) is 0 Å². The Morgan fingerprint density at radius 2 is 2.20 bits per heavy atom. The number of carboxylic acids is 1. The van der Waals surface area contributed by atoms with Gasteiger partial charge in [0.25, 0.3) is 0 Å².